The van der Waals surface area contributed by atoms with Gasteiger partial charge in [0.1, 0.15) is 0 Å². The summed E-state index contributed by atoms with van der Waals surface area (Å²) in [6.45, 7) is 8.29. The standard InChI is InChI=1S/C23H24BNO2/c1-22(2)23(3,4)27-24(26-22)20-12-8-11-18(15-20)19-13-14-21(25-16-19)17-9-6-5-7-10-17/h5-16H,1-4H3. The van der Waals surface area contributed by atoms with Gasteiger partial charge in [0.05, 0.1) is 16.9 Å². The second-order valence-electron chi connectivity index (χ2n) is 8.01. The fraction of sp³-hybridized carbons (Fsp3) is 0.261. The quantitative estimate of drug-likeness (QED) is 0.636. The van der Waals surface area contributed by atoms with Gasteiger partial charge in [0.25, 0.3) is 0 Å². The molecule has 0 N–H and O–H groups in total. The second kappa shape index (κ2) is 6.63. The molecule has 1 aromatic heterocycles. The van der Waals surface area contributed by atoms with Gasteiger partial charge in [0.15, 0.2) is 0 Å². The van der Waals surface area contributed by atoms with E-state index in [1.165, 1.54) is 0 Å². The van der Waals surface area contributed by atoms with Crippen molar-refractivity contribution >= 4 is 12.6 Å². The van der Waals surface area contributed by atoms with Crippen LogP contribution in [0.2, 0.25) is 0 Å². The van der Waals surface area contributed by atoms with Gasteiger partial charge >= 0.3 is 7.12 Å². The summed E-state index contributed by atoms with van der Waals surface area (Å²) in [7, 11) is -0.355. The maximum atomic E-state index is 6.18. The number of benzene rings is 2. The fourth-order valence-electron chi connectivity index (χ4n) is 3.19. The van der Waals surface area contributed by atoms with Crippen LogP contribution in [0.15, 0.2) is 72.9 Å². The number of hydrogen-bond acceptors (Lipinski definition) is 3. The average molecular weight is 357 g/mol. The molecule has 4 heteroatoms. The van der Waals surface area contributed by atoms with Crippen LogP contribution in [0.5, 0.6) is 0 Å². The Morgan fingerprint density at radius 3 is 2.00 bits per heavy atom. The zero-order valence-electron chi connectivity index (χ0n) is 16.3. The Morgan fingerprint density at radius 2 is 1.37 bits per heavy atom. The molecule has 0 spiro atoms. The minimum atomic E-state index is -0.355. The highest BCUT2D eigenvalue weighted by Gasteiger charge is 2.51. The van der Waals surface area contributed by atoms with Crippen LogP contribution in [0, 0.1) is 0 Å². The van der Waals surface area contributed by atoms with E-state index < -0.39 is 0 Å². The Balaban J connectivity index is 1.60. The van der Waals surface area contributed by atoms with E-state index in [0.29, 0.717) is 0 Å². The van der Waals surface area contributed by atoms with Gasteiger partial charge in [0.2, 0.25) is 0 Å². The molecule has 136 valence electrons. The number of aromatic nitrogens is 1. The molecule has 1 aliphatic heterocycles. The maximum Gasteiger partial charge on any atom is 0.494 e. The number of hydrogen-bond donors (Lipinski definition) is 0. The van der Waals surface area contributed by atoms with Gasteiger partial charge in [-0.2, -0.15) is 0 Å². The summed E-state index contributed by atoms with van der Waals surface area (Å²) in [5.41, 5.74) is 4.62. The van der Waals surface area contributed by atoms with E-state index in [1.54, 1.807) is 0 Å². The van der Waals surface area contributed by atoms with Crippen LogP contribution >= 0.6 is 0 Å². The molecule has 1 fully saturated rings. The molecule has 3 aromatic rings. The van der Waals surface area contributed by atoms with E-state index in [0.717, 1.165) is 27.8 Å². The lowest BCUT2D eigenvalue weighted by molar-refractivity contribution is 0.00578. The molecular weight excluding hydrogens is 333 g/mol. The molecule has 1 aliphatic rings. The fourth-order valence-corrected chi connectivity index (χ4v) is 3.19. The summed E-state index contributed by atoms with van der Waals surface area (Å²) in [4.78, 5) is 4.64. The van der Waals surface area contributed by atoms with E-state index in [4.69, 9.17) is 9.31 Å². The number of nitrogens with zero attached hydrogens (tertiary/aromatic N) is 1. The number of pyridine rings is 1. The minimum absolute atomic E-state index is 0.341. The Bertz CT molecular complexity index is 920. The van der Waals surface area contributed by atoms with Crippen molar-refractivity contribution < 1.29 is 9.31 Å². The van der Waals surface area contributed by atoms with Crippen LogP contribution in [0.25, 0.3) is 22.4 Å². The van der Waals surface area contributed by atoms with Gasteiger partial charge in [-0.15, -0.1) is 0 Å². The molecule has 1 saturated heterocycles. The molecule has 27 heavy (non-hydrogen) atoms. The van der Waals surface area contributed by atoms with Crippen LogP contribution in [-0.4, -0.2) is 23.3 Å². The molecule has 2 aromatic carbocycles. The summed E-state index contributed by atoms with van der Waals surface area (Å²) in [6.07, 6.45) is 1.92. The van der Waals surface area contributed by atoms with Crippen LogP contribution in [0.1, 0.15) is 27.7 Å². The van der Waals surface area contributed by atoms with Crippen molar-refractivity contribution in [2.24, 2.45) is 0 Å². The highest BCUT2D eigenvalue weighted by molar-refractivity contribution is 6.62. The third kappa shape index (κ3) is 3.43. The van der Waals surface area contributed by atoms with E-state index in [-0.39, 0.29) is 18.3 Å². The van der Waals surface area contributed by atoms with Gasteiger partial charge in [-0.05, 0) is 44.8 Å². The van der Waals surface area contributed by atoms with Crippen molar-refractivity contribution in [1.82, 2.24) is 4.98 Å². The van der Waals surface area contributed by atoms with Crippen molar-refractivity contribution in [3.8, 4) is 22.4 Å². The zero-order chi connectivity index (χ0) is 19.1. The normalized spacial score (nSPS) is 17.9. The summed E-state index contributed by atoms with van der Waals surface area (Å²) in [5, 5.41) is 0. The van der Waals surface area contributed by atoms with Gasteiger partial charge in [-0.3, -0.25) is 4.98 Å². The Kier molecular flexibility index (Phi) is 4.41. The lowest BCUT2D eigenvalue weighted by Gasteiger charge is -2.32. The minimum Gasteiger partial charge on any atom is -0.399 e. The Hall–Kier alpha value is -2.43. The summed E-state index contributed by atoms with van der Waals surface area (Å²) >= 11 is 0. The molecule has 3 nitrogen and oxygen atoms in total. The third-order valence-electron chi connectivity index (χ3n) is 5.58. The molecule has 0 unspecified atom stereocenters. The molecule has 4 rings (SSSR count). The first-order valence-corrected chi connectivity index (χ1v) is 9.33. The molecule has 2 heterocycles. The largest absolute Gasteiger partial charge is 0.494 e. The van der Waals surface area contributed by atoms with Crippen molar-refractivity contribution in [2.75, 3.05) is 0 Å². The lowest BCUT2D eigenvalue weighted by Crippen LogP contribution is -2.41. The topological polar surface area (TPSA) is 31.4 Å². The van der Waals surface area contributed by atoms with E-state index in [1.807, 2.05) is 30.5 Å². The van der Waals surface area contributed by atoms with Crippen LogP contribution in [0.3, 0.4) is 0 Å². The van der Waals surface area contributed by atoms with Gasteiger partial charge in [0, 0.05) is 17.3 Å². The molecule has 0 saturated carbocycles. The summed E-state index contributed by atoms with van der Waals surface area (Å²) in [6, 6.07) is 22.7. The molecule has 0 bridgehead atoms. The van der Waals surface area contributed by atoms with Crippen LogP contribution in [-0.2, 0) is 9.31 Å². The summed E-state index contributed by atoms with van der Waals surface area (Å²) in [5.74, 6) is 0. The zero-order valence-corrected chi connectivity index (χ0v) is 16.3. The summed E-state index contributed by atoms with van der Waals surface area (Å²) < 4.78 is 12.4. The van der Waals surface area contributed by atoms with E-state index in [9.17, 15) is 0 Å². The Labute approximate surface area is 161 Å². The average Bonchev–Trinajstić information content (AvgIpc) is 2.90. The van der Waals surface area contributed by atoms with E-state index >= 15 is 0 Å². The maximum absolute atomic E-state index is 6.18. The SMILES string of the molecule is CC1(C)OB(c2cccc(-c3ccc(-c4ccccc4)nc3)c2)OC1(C)C. The Morgan fingerprint density at radius 1 is 0.704 bits per heavy atom. The monoisotopic (exact) mass is 357 g/mol. The van der Waals surface area contributed by atoms with Crippen molar-refractivity contribution in [2.45, 2.75) is 38.9 Å². The first kappa shape index (κ1) is 18.0. The van der Waals surface area contributed by atoms with Gasteiger partial charge < -0.3 is 9.31 Å². The number of rotatable bonds is 3. The smallest absolute Gasteiger partial charge is 0.399 e. The van der Waals surface area contributed by atoms with Crippen molar-refractivity contribution in [1.29, 1.82) is 0 Å². The molecule has 0 atom stereocenters. The molecular formula is C23H24BNO2. The van der Waals surface area contributed by atoms with Crippen molar-refractivity contribution in [3.63, 3.8) is 0 Å². The highest BCUT2D eigenvalue weighted by atomic mass is 16.7. The molecule has 0 aliphatic carbocycles. The molecule has 0 amide bonds. The third-order valence-corrected chi connectivity index (χ3v) is 5.58. The first-order valence-electron chi connectivity index (χ1n) is 9.33. The lowest BCUT2D eigenvalue weighted by atomic mass is 9.78. The van der Waals surface area contributed by atoms with E-state index in [2.05, 4.69) is 75.1 Å². The predicted octanol–water partition coefficient (Wildman–Crippen LogP) is 4.71. The predicted molar refractivity (Wildman–Crippen MR) is 111 cm³/mol. The molecule has 0 radical (unpaired) electrons. The highest BCUT2D eigenvalue weighted by Crippen LogP contribution is 2.36. The van der Waals surface area contributed by atoms with Crippen molar-refractivity contribution in [3.05, 3.63) is 72.9 Å². The second-order valence-corrected chi connectivity index (χ2v) is 8.01. The van der Waals surface area contributed by atoms with Crippen LogP contribution in [0.4, 0.5) is 0 Å². The van der Waals surface area contributed by atoms with Crippen LogP contribution < -0.4 is 5.46 Å². The van der Waals surface area contributed by atoms with Gasteiger partial charge in [-0.1, -0.05) is 60.7 Å². The van der Waals surface area contributed by atoms with Gasteiger partial charge in [-0.25, -0.2) is 0 Å². The first-order chi connectivity index (χ1) is 12.9.